The number of amides is 1. The van der Waals surface area contributed by atoms with Crippen LogP contribution in [-0.4, -0.2) is 20.9 Å². The summed E-state index contributed by atoms with van der Waals surface area (Å²) in [6, 6.07) is 23.0. The van der Waals surface area contributed by atoms with Crippen LogP contribution in [0.15, 0.2) is 83.8 Å². The molecule has 156 valence electrons. The smallest absolute Gasteiger partial charge is 0.264 e. The lowest BCUT2D eigenvalue weighted by molar-refractivity contribution is -0.120. The summed E-state index contributed by atoms with van der Waals surface area (Å²) in [5, 5.41) is 2.90. The molecule has 0 heterocycles. The second kappa shape index (κ2) is 9.13. The quantitative estimate of drug-likeness (QED) is 0.615. The third kappa shape index (κ3) is 5.07. The third-order valence-electron chi connectivity index (χ3n) is 4.90. The van der Waals surface area contributed by atoms with Crippen molar-refractivity contribution in [2.45, 2.75) is 31.7 Å². The Morgan fingerprint density at radius 1 is 0.867 bits per heavy atom. The molecule has 1 N–H and O–H groups in total. The first kappa shape index (κ1) is 21.6. The summed E-state index contributed by atoms with van der Waals surface area (Å²) in [4.78, 5) is 12.9. The van der Waals surface area contributed by atoms with Gasteiger partial charge in [-0.15, -0.1) is 0 Å². The molecule has 3 rings (SSSR count). The first-order valence-electron chi connectivity index (χ1n) is 9.78. The van der Waals surface area contributed by atoms with E-state index in [4.69, 9.17) is 0 Å². The molecular weight excluding hydrogens is 396 g/mol. The van der Waals surface area contributed by atoms with E-state index in [2.05, 4.69) is 5.32 Å². The second-order valence-corrected chi connectivity index (χ2v) is 9.22. The van der Waals surface area contributed by atoms with Gasteiger partial charge in [0.2, 0.25) is 5.91 Å². The van der Waals surface area contributed by atoms with E-state index in [1.54, 1.807) is 36.4 Å². The van der Waals surface area contributed by atoms with E-state index >= 15 is 0 Å². The van der Waals surface area contributed by atoms with Crippen LogP contribution in [0.5, 0.6) is 0 Å². The molecule has 0 unspecified atom stereocenters. The molecule has 0 bridgehead atoms. The average Bonchev–Trinajstić information content (AvgIpc) is 2.73. The number of rotatable bonds is 7. The highest BCUT2D eigenvalue weighted by molar-refractivity contribution is 7.92. The monoisotopic (exact) mass is 422 g/mol. The van der Waals surface area contributed by atoms with Gasteiger partial charge in [-0.3, -0.25) is 9.10 Å². The van der Waals surface area contributed by atoms with Gasteiger partial charge in [0.05, 0.1) is 16.6 Å². The van der Waals surface area contributed by atoms with Crippen molar-refractivity contribution in [2.24, 2.45) is 0 Å². The van der Waals surface area contributed by atoms with Gasteiger partial charge in [-0.25, -0.2) is 8.42 Å². The van der Waals surface area contributed by atoms with E-state index in [1.807, 2.05) is 63.2 Å². The maximum Gasteiger partial charge on any atom is 0.264 e. The fourth-order valence-electron chi connectivity index (χ4n) is 3.11. The van der Waals surface area contributed by atoms with E-state index in [-0.39, 0.29) is 23.4 Å². The topological polar surface area (TPSA) is 66.5 Å². The van der Waals surface area contributed by atoms with Gasteiger partial charge in [0.1, 0.15) is 6.54 Å². The van der Waals surface area contributed by atoms with E-state index in [9.17, 15) is 13.2 Å². The molecule has 30 heavy (non-hydrogen) atoms. The summed E-state index contributed by atoms with van der Waals surface area (Å²) in [7, 11) is -3.91. The van der Waals surface area contributed by atoms with Gasteiger partial charge in [0.15, 0.2) is 0 Å². The summed E-state index contributed by atoms with van der Waals surface area (Å²) in [5.41, 5.74) is 3.37. The van der Waals surface area contributed by atoms with Crippen LogP contribution in [0.3, 0.4) is 0 Å². The molecule has 3 aromatic carbocycles. The van der Waals surface area contributed by atoms with Crippen molar-refractivity contribution in [2.75, 3.05) is 10.8 Å². The van der Waals surface area contributed by atoms with Crippen molar-refractivity contribution in [3.05, 3.63) is 95.6 Å². The normalized spacial score (nSPS) is 12.2. The largest absolute Gasteiger partial charge is 0.348 e. The Morgan fingerprint density at radius 2 is 1.40 bits per heavy atom. The lowest BCUT2D eigenvalue weighted by Crippen LogP contribution is -2.41. The van der Waals surface area contributed by atoms with Crippen molar-refractivity contribution in [3.63, 3.8) is 0 Å². The standard InChI is InChI=1S/C24H26N2O3S/c1-18-9-13-22(14-10-18)26(30(28,29)23-15-11-19(2)12-16-23)17-24(27)25-20(3)21-7-5-4-6-8-21/h4-16,20H,17H2,1-3H3,(H,25,27)/t20-/m0/s1. The second-order valence-electron chi connectivity index (χ2n) is 7.36. The van der Waals surface area contributed by atoms with Gasteiger partial charge in [-0.2, -0.15) is 0 Å². The fraction of sp³-hybridized carbons (Fsp3) is 0.208. The molecule has 0 fully saturated rings. The van der Waals surface area contributed by atoms with E-state index < -0.39 is 10.0 Å². The average molecular weight is 423 g/mol. The van der Waals surface area contributed by atoms with Crippen molar-refractivity contribution in [1.82, 2.24) is 5.32 Å². The highest BCUT2D eigenvalue weighted by Gasteiger charge is 2.27. The van der Waals surface area contributed by atoms with Gasteiger partial charge >= 0.3 is 0 Å². The van der Waals surface area contributed by atoms with E-state index in [0.29, 0.717) is 5.69 Å². The molecule has 6 heteroatoms. The van der Waals surface area contributed by atoms with Crippen LogP contribution >= 0.6 is 0 Å². The molecule has 3 aromatic rings. The predicted octanol–water partition coefficient (Wildman–Crippen LogP) is 4.38. The van der Waals surface area contributed by atoms with Crippen LogP contribution in [0.2, 0.25) is 0 Å². The van der Waals surface area contributed by atoms with Crippen LogP contribution in [0.4, 0.5) is 5.69 Å². The minimum atomic E-state index is -3.91. The third-order valence-corrected chi connectivity index (χ3v) is 6.68. The van der Waals surface area contributed by atoms with Crippen LogP contribution < -0.4 is 9.62 Å². The molecule has 0 aliphatic rings. The molecule has 0 spiro atoms. The van der Waals surface area contributed by atoms with Crippen molar-refractivity contribution >= 4 is 21.6 Å². The molecule has 5 nitrogen and oxygen atoms in total. The molecule has 0 aliphatic carbocycles. The first-order valence-corrected chi connectivity index (χ1v) is 11.2. The number of carbonyl (C=O) groups is 1. The number of hydrogen-bond donors (Lipinski definition) is 1. The fourth-order valence-corrected chi connectivity index (χ4v) is 4.53. The lowest BCUT2D eigenvalue weighted by Gasteiger charge is -2.25. The molecule has 0 radical (unpaired) electrons. The number of benzene rings is 3. The Hall–Kier alpha value is -3.12. The zero-order chi connectivity index (χ0) is 21.7. The van der Waals surface area contributed by atoms with Crippen molar-refractivity contribution in [3.8, 4) is 0 Å². The minimum absolute atomic E-state index is 0.151. The van der Waals surface area contributed by atoms with Crippen LogP contribution in [0, 0.1) is 13.8 Å². The van der Waals surface area contributed by atoms with Gasteiger partial charge in [-0.05, 0) is 50.6 Å². The van der Waals surface area contributed by atoms with Crippen LogP contribution in [-0.2, 0) is 14.8 Å². The zero-order valence-electron chi connectivity index (χ0n) is 17.4. The molecule has 1 atom stereocenters. The number of nitrogens with zero attached hydrogens (tertiary/aromatic N) is 1. The summed E-state index contributed by atoms with van der Waals surface area (Å²) >= 11 is 0. The molecule has 0 aromatic heterocycles. The van der Waals surface area contributed by atoms with Crippen LogP contribution in [0.25, 0.3) is 0 Å². The molecule has 1 amide bonds. The Morgan fingerprint density at radius 3 is 1.97 bits per heavy atom. The lowest BCUT2D eigenvalue weighted by atomic mass is 10.1. The van der Waals surface area contributed by atoms with Crippen molar-refractivity contribution in [1.29, 1.82) is 0 Å². The highest BCUT2D eigenvalue weighted by atomic mass is 32.2. The maximum absolute atomic E-state index is 13.4. The molecule has 0 saturated heterocycles. The number of carbonyl (C=O) groups excluding carboxylic acids is 1. The van der Waals surface area contributed by atoms with Gasteiger partial charge in [0.25, 0.3) is 10.0 Å². The highest BCUT2D eigenvalue weighted by Crippen LogP contribution is 2.24. The summed E-state index contributed by atoms with van der Waals surface area (Å²) in [6.07, 6.45) is 0. The van der Waals surface area contributed by atoms with E-state index in [1.165, 1.54) is 0 Å². The van der Waals surface area contributed by atoms with Crippen LogP contribution in [0.1, 0.15) is 29.7 Å². The Balaban J connectivity index is 1.89. The first-order chi connectivity index (χ1) is 14.3. The number of hydrogen-bond acceptors (Lipinski definition) is 3. The summed E-state index contributed by atoms with van der Waals surface area (Å²) in [5.74, 6) is -0.373. The van der Waals surface area contributed by atoms with Gasteiger partial charge < -0.3 is 5.32 Å². The predicted molar refractivity (Wildman–Crippen MR) is 120 cm³/mol. The molecule has 0 aliphatic heterocycles. The Kier molecular flexibility index (Phi) is 6.57. The maximum atomic E-state index is 13.4. The Labute approximate surface area is 178 Å². The van der Waals surface area contributed by atoms with Gasteiger partial charge in [-0.1, -0.05) is 65.7 Å². The number of sulfonamides is 1. The SMILES string of the molecule is Cc1ccc(N(CC(=O)N[C@@H](C)c2ccccc2)S(=O)(=O)c2ccc(C)cc2)cc1. The summed E-state index contributed by atoms with van der Waals surface area (Å²) in [6.45, 7) is 5.39. The molecule has 0 saturated carbocycles. The Bertz CT molecular complexity index is 1090. The minimum Gasteiger partial charge on any atom is -0.348 e. The van der Waals surface area contributed by atoms with Gasteiger partial charge in [0, 0.05) is 0 Å². The zero-order valence-corrected chi connectivity index (χ0v) is 18.2. The number of nitrogens with one attached hydrogen (secondary N) is 1. The molecular formula is C24H26N2O3S. The number of aryl methyl sites for hydroxylation is 2. The number of anilines is 1. The van der Waals surface area contributed by atoms with Crippen molar-refractivity contribution < 1.29 is 13.2 Å². The van der Waals surface area contributed by atoms with E-state index in [0.717, 1.165) is 21.0 Å². The summed E-state index contributed by atoms with van der Waals surface area (Å²) < 4.78 is 27.9.